The Balaban J connectivity index is 1.64. The van der Waals surface area contributed by atoms with E-state index in [1.807, 2.05) is 29.5 Å². The molecule has 3 rings (SSSR count). The maximum atomic E-state index is 12.5. The van der Waals surface area contributed by atoms with Crippen LogP contribution in [0.5, 0.6) is 0 Å². The van der Waals surface area contributed by atoms with Gasteiger partial charge in [-0.3, -0.25) is 19.1 Å². The van der Waals surface area contributed by atoms with Crippen molar-refractivity contribution in [1.29, 1.82) is 0 Å². The lowest BCUT2D eigenvalue weighted by molar-refractivity contribution is -0.133. The second-order valence-electron chi connectivity index (χ2n) is 6.55. The van der Waals surface area contributed by atoms with Crippen LogP contribution in [0.1, 0.15) is 36.7 Å². The van der Waals surface area contributed by atoms with Gasteiger partial charge in [0, 0.05) is 44.1 Å². The van der Waals surface area contributed by atoms with Crippen molar-refractivity contribution in [2.45, 2.75) is 45.7 Å². The van der Waals surface area contributed by atoms with Gasteiger partial charge < -0.3 is 14.5 Å². The molecule has 8 heteroatoms. The van der Waals surface area contributed by atoms with Gasteiger partial charge in [0.05, 0.1) is 11.7 Å². The van der Waals surface area contributed by atoms with E-state index >= 15 is 0 Å². The third-order valence-corrected chi connectivity index (χ3v) is 4.63. The SMILES string of the molecule is Cc1cc(C)n([C@H]2CCCN(C(=O)CCn3cc[nH]c(=O)c3=O)C2)n1. The van der Waals surface area contributed by atoms with Crippen LogP contribution in [0, 0.1) is 13.8 Å². The van der Waals surface area contributed by atoms with Crippen molar-refractivity contribution in [1.82, 2.24) is 24.2 Å². The molecule has 1 saturated heterocycles. The molecule has 0 radical (unpaired) electrons. The van der Waals surface area contributed by atoms with Gasteiger partial charge in [0.25, 0.3) is 0 Å². The standard InChI is InChI=1S/C17H23N5O3/c1-12-10-13(2)22(19-12)14-4-3-7-21(11-14)15(23)5-8-20-9-6-18-16(24)17(20)25/h6,9-10,14H,3-5,7-8,11H2,1-2H3,(H,18,24)/t14-/m0/s1. The lowest BCUT2D eigenvalue weighted by Crippen LogP contribution is -2.42. The van der Waals surface area contributed by atoms with Crippen molar-refractivity contribution in [3.63, 3.8) is 0 Å². The monoisotopic (exact) mass is 345 g/mol. The van der Waals surface area contributed by atoms with Gasteiger partial charge in [0.2, 0.25) is 5.91 Å². The van der Waals surface area contributed by atoms with E-state index in [4.69, 9.17) is 0 Å². The number of hydrogen-bond donors (Lipinski definition) is 1. The zero-order chi connectivity index (χ0) is 18.0. The van der Waals surface area contributed by atoms with Crippen molar-refractivity contribution >= 4 is 5.91 Å². The van der Waals surface area contributed by atoms with Gasteiger partial charge in [-0.25, -0.2) is 0 Å². The molecule has 1 amide bonds. The van der Waals surface area contributed by atoms with Crippen LogP contribution < -0.4 is 11.1 Å². The number of H-pyrrole nitrogens is 1. The molecule has 0 aliphatic carbocycles. The first kappa shape index (κ1) is 17.2. The molecule has 134 valence electrons. The van der Waals surface area contributed by atoms with Crippen molar-refractivity contribution < 1.29 is 4.79 Å². The summed E-state index contributed by atoms with van der Waals surface area (Å²) >= 11 is 0. The number of aromatic amines is 1. The van der Waals surface area contributed by atoms with Crippen LogP contribution in [0.25, 0.3) is 0 Å². The number of hydrogen-bond acceptors (Lipinski definition) is 4. The van der Waals surface area contributed by atoms with Gasteiger partial charge in [0.15, 0.2) is 0 Å². The Hall–Kier alpha value is -2.64. The van der Waals surface area contributed by atoms with Crippen LogP contribution in [0.2, 0.25) is 0 Å². The van der Waals surface area contributed by atoms with E-state index in [1.54, 1.807) is 0 Å². The number of amides is 1. The maximum absolute atomic E-state index is 12.5. The highest BCUT2D eigenvalue weighted by molar-refractivity contribution is 5.76. The van der Waals surface area contributed by atoms with Gasteiger partial charge >= 0.3 is 11.1 Å². The van der Waals surface area contributed by atoms with Crippen LogP contribution in [0.4, 0.5) is 0 Å². The Morgan fingerprint density at radius 3 is 2.88 bits per heavy atom. The molecule has 3 heterocycles. The zero-order valence-electron chi connectivity index (χ0n) is 14.6. The highest BCUT2D eigenvalue weighted by Gasteiger charge is 2.26. The summed E-state index contributed by atoms with van der Waals surface area (Å²) in [4.78, 5) is 39.7. The lowest BCUT2D eigenvalue weighted by Gasteiger charge is -2.33. The molecule has 25 heavy (non-hydrogen) atoms. The number of piperidine rings is 1. The summed E-state index contributed by atoms with van der Waals surface area (Å²) in [6.45, 7) is 5.56. The summed E-state index contributed by atoms with van der Waals surface area (Å²) in [5, 5.41) is 4.54. The lowest BCUT2D eigenvalue weighted by atomic mass is 10.1. The number of aromatic nitrogens is 4. The predicted molar refractivity (Wildman–Crippen MR) is 92.5 cm³/mol. The highest BCUT2D eigenvalue weighted by Crippen LogP contribution is 2.23. The molecule has 0 unspecified atom stereocenters. The van der Waals surface area contributed by atoms with Gasteiger partial charge in [-0.05, 0) is 32.8 Å². The molecule has 1 aliphatic rings. The topological polar surface area (TPSA) is 93.0 Å². The smallest absolute Gasteiger partial charge is 0.316 e. The number of nitrogens with one attached hydrogen (secondary N) is 1. The molecule has 0 bridgehead atoms. The molecule has 1 N–H and O–H groups in total. The Morgan fingerprint density at radius 1 is 1.36 bits per heavy atom. The molecule has 0 saturated carbocycles. The van der Waals surface area contributed by atoms with Crippen LogP contribution in [-0.4, -0.2) is 43.2 Å². The highest BCUT2D eigenvalue weighted by atomic mass is 16.2. The second kappa shape index (κ2) is 7.08. The van der Waals surface area contributed by atoms with E-state index in [0.29, 0.717) is 6.54 Å². The first-order valence-electron chi connectivity index (χ1n) is 8.54. The zero-order valence-corrected chi connectivity index (χ0v) is 14.6. The quantitative estimate of drug-likeness (QED) is 0.822. The fourth-order valence-electron chi connectivity index (χ4n) is 3.41. The minimum atomic E-state index is -0.669. The maximum Gasteiger partial charge on any atom is 0.316 e. The van der Waals surface area contributed by atoms with E-state index in [2.05, 4.69) is 10.1 Å². The summed E-state index contributed by atoms with van der Waals surface area (Å²) in [5.41, 5.74) is 0.786. The van der Waals surface area contributed by atoms with Crippen LogP contribution in [0.15, 0.2) is 28.0 Å². The van der Waals surface area contributed by atoms with E-state index in [-0.39, 0.29) is 24.9 Å². The molecule has 0 spiro atoms. The average Bonchev–Trinajstić information content (AvgIpc) is 2.94. The largest absolute Gasteiger partial charge is 0.340 e. The number of likely N-dealkylation sites (tertiary alicyclic amines) is 1. The first-order chi connectivity index (χ1) is 12.0. The van der Waals surface area contributed by atoms with Gasteiger partial charge in [-0.2, -0.15) is 5.10 Å². The van der Waals surface area contributed by atoms with Crippen molar-refractivity contribution in [2.75, 3.05) is 13.1 Å². The van der Waals surface area contributed by atoms with Crippen molar-refractivity contribution in [3.8, 4) is 0 Å². The third kappa shape index (κ3) is 3.72. The van der Waals surface area contributed by atoms with Crippen LogP contribution >= 0.6 is 0 Å². The third-order valence-electron chi connectivity index (χ3n) is 4.63. The van der Waals surface area contributed by atoms with E-state index < -0.39 is 11.1 Å². The van der Waals surface area contributed by atoms with Crippen molar-refractivity contribution in [3.05, 3.63) is 50.6 Å². The Bertz CT molecular complexity index is 879. The summed E-state index contributed by atoms with van der Waals surface area (Å²) in [5.74, 6) is -0.00147. The Labute approximate surface area is 145 Å². The molecule has 1 atom stereocenters. The molecule has 1 aliphatic heterocycles. The molecule has 8 nitrogen and oxygen atoms in total. The molecule has 0 aromatic carbocycles. The number of aryl methyl sites for hydroxylation is 3. The molecule has 1 fully saturated rings. The summed E-state index contributed by atoms with van der Waals surface area (Å²) in [6, 6.07) is 2.23. The average molecular weight is 345 g/mol. The summed E-state index contributed by atoms with van der Waals surface area (Å²) in [7, 11) is 0. The predicted octanol–water partition coefficient (Wildman–Crippen LogP) is 0.604. The number of rotatable bonds is 4. The number of carbonyl (C=O) groups is 1. The fraction of sp³-hybridized carbons (Fsp3) is 0.529. The van der Waals surface area contributed by atoms with Crippen LogP contribution in [-0.2, 0) is 11.3 Å². The first-order valence-corrected chi connectivity index (χ1v) is 8.54. The number of nitrogens with zero attached hydrogens (tertiary/aromatic N) is 4. The molecular weight excluding hydrogens is 322 g/mol. The van der Waals surface area contributed by atoms with E-state index in [9.17, 15) is 14.4 Å². The van der Waals surface area contributed by atoms with E-state index in [1.165, 1.54) is 17.0 Å². The van der Waals surface area contributed by atoms with Gasteiger partial charge in [-0.1, -0.05) is 0 Å². The fourth-order valence-corrected chi connectivity index (χ4v) is 3.41. The minimum absolute atomic E-state index is 0.00147. The summed E-state index contributed by atoms with van der Waals surface area (Å²) in [6.07, 6.45) is 5.03. The number of carbonyl (C=O) groups excluding carboxylic acids is 1. The molecule has 2 aromatic heterocycles. The minimum Gasteiger partial charge on any atom is -0.340 e. The second-order valence-corrected chi connectivity index (χ2v) is 6.55. The normalized spacial score (nSPS) is 17.7. The molecular formula is C17H23N5O3. The Kier molecular flexibility index (Phi) is 4.87. The Morgan fingerprint density at radius 2 is 2.16 bits per heavy atom. The summed E-state index contributed by atoms with van der Waals surface area (Å²) < 4.78 is 3.29. The van der Waals surface area contributed by atoms with Gasteiger partial charge in [-0.15, -0.1) is 0 Å². The molecule has 2 aromatic rings. The van der Waals surface area contributed by atoms with Crippen molar-refractivity contribution in [2.24, 2.45) is 0 Å². The van der Waals surface area contributed by atoms with Gasteiger partial charge in [0.1, 0.15) is 0 Å². The van der Waals surface area contributed by atoms with Crippen LogP contribution in [0.3, 0.4) is 0 Å². The van der Waals surface area contributed by atoms with E-state index in [0.717, 1.165) is 30.8 Å².